The molecule has 2 atom stereocenters. The molecule has 4 aromatic rings. The largest absolute Gasteiger partial charge is 1.00 e. The van der Waals surface area contributed by atoms with Crippen molar-refractivity contribution in [1.29, 1.82) is 0 Å². The number of halogens is 2. The van der Waals surface area contributed by atoms with Gasteiger partial charge in [0.25, 0.3) is 0 Å². The molecule has 0 amide bonds. The first kappa shape index (κ1) is 26.4. The quantitative estimate of drug-likeness (QED) is 0.274. The van der Waals surface area contributed by atoms with Crippen LogP contribution in [0.5, 0.6) is 0 Å². The van der Waals surface area contributed by atoms with Crippen molar-refractivity contribution in [2.75, 3.05) is 0 Å². The summed E-state index contributed by atoms with van der Waals surface area (Å²) in [4.78, 5) is 0. The Morgan fingerprint density at radius 1 is 0.667 bits per heavy atom. The summed E-state index contributed by atoms with van der Waals surface area (Å²) in [6.45, 7) is 4.55. The van der Waals surface area contributed by atoms with Gasteiger partial charge in [0.2, 0.25) is 0 Å². The first-order valence-corrected chi connectivity index (χ1v) is 15.1. The van der Waals surface area contributed by atoms with Crippen molar-refractivity contribution in [3.05, 3.63) is 142 Å². The van der Waals surface area contributed by atoms with Crippen LogP contribution in [0.2, 0.25) is 0 Å². The second-order valence-electron chi connectivity index (χ2n) is 9.17. The minimum atomic E-state index is -0.571. The van der Waals surface area contributed by atoms with Crippen molar-refractivity contribution in [3.63, 3.8) is 0 Å². The van der Waals surface area contributed by atoms with E-state index < -0.39 is 7.92 Å². The normalized spacial score (nSPS) is 16.9. The average molecular weight is 528 g/mol. The molecular formula is C32H27F2PTi. The van der Waals surface area contributed by atoms with Gasteiger partial charge in [-0.15, -0.1) is 0 Å². The number of rotatable bonds is 5. The summed E-state index contributed by atoms with van der Waals surface area (Å²) in [7, 11) is -0.571. The number of hydrogen-bond acceptors (Lipinski definition) is 0. The zero-order valence-electron chi connectivity index (χ0n) is 20.3. The fourth-order valence-corrected chi connectivity index (χ4v) is 11.6. The fourth-order valence-electron chi connectivity index (χ4n) is 5.37. The summed E-state index contributed by atoms with van der Waals surface area (Å²) in [5, 5.41) is 4.54. The van der Waals surface area contributed by atoms with E-state index in [-0.39, 0.29) is 28.6 Å². The van der Waals surface area contributed by atoms with Crippen LogP contribution in [-0.4, -0.2) is 0 Å². The molecule has 4 aromatic carbocycles. The zero-order chi connectivity index (χ0) is 23.1. The maximum Gasteiger partial charge on any atom is -1.00 e. The van der Waals surface area contributed by atoms with Gasteiger partial charge in [0.05, 0.1) is 0 Å². The van der Waals surface area contributed by atoms with Crippen LogP contribution < -0.4 is 20.0 Å². The maximum atomic E-state index is 2.54. The van der Waals surface area contributed by atoms with Gasteiger partial charge in [0.1, 0.15) is 0 Å². The summed E-state index contributed by atoms with van der Waals surface area (Å²) in [6.07, 6.45) is 7.45. The summed E-state index contributed by atoms with van der Waals surface area (Å²) in [6, 6.07) is 36.1. The Kier molecular flexibility index (Phi) is 8.21. The van der Waals surface area contributed by atoms with Crippen molar-refractivity contribution in [2.45, 2.75) is 22.3 Å². The molecule has 0 saturated carbocycles. The number of aryl methyl sites for hydroxylation is 2. The third kappa shape index (κ3) is 4.71. The molecular weight excluding hydrogens is 501 g/mol. The van der Waals surface area contributed by atoms with E-state index in [1.165, 1.54) is 32.9 Å². The molecule has 4 heteroatoms. The van der Waals surface area contributed by atoms with Crippen LogP contribution in [0, 0.1) is 13.8 Å². The maximum absolute atomic E-state index is 2.54. The molecule has 178 valence electrons. The Morgan fingerprint density at radius 2 is 1.25 bits per heavy atom. The Morgan fingerprint density at radius 3 is 1.92 bits per heavy atom. The molecule has 0 N–H and O–H groups in total. The van der Waals surface area contributed by atoms with Crippen molar-refractivity contribution >= 4 is 30.7 Å². The first-order chi connectivity index (χ1) is 16.7. The summed E-state index contributed by atoms with van der Waals surface area (Å²) in [5.74, 6) is 0. The Balaban J connectivity index is 0.00000152. The van der Waals surface area contributed by atoms with E-state index >= 15 is 0 Å². The van der Waals surface area contributed by atoms with Gasteiger partial charge in [-0.3, -0.25) is 0 Å². The van der Waals surface area contributed by atoms with E-state index in [2.05, 4.69) is 129 Å². The molecule has 2 unspecified atom stereocenters. The van der Waals surface area contributed by atoms with E-state index in [4.69, 9.17) is 0 Å². The molecule has 6 rings (SSSR count). The third-order valence-electron chi connectivity index (χ3n) is 7.03. The number of allylic oxidation sites excluding steroid dienone is 2. The molecule has 0 aliphatic heterocycles. The Labute approximate surface area is 222 Å². The van der Waals surface area contributed by atoms with Gasteiger partial charge in [-0.1, -0.05) is 0 Å². The van der Waals surface area contributed by atoms with Crippen LogP contribution >= 0.6 is 7.92 Å². The van der Waals surface area contributed by atoms with E-state index in [0.717, 1.165) is 0 Å². The zero-order valence-corrected chi connectivity index (χ0v) is 22.8. The third-order valence-corrected chi connectivity index (χ3v) is 12.7. The Hall–Kier alpha value is -2.64. The van der Waals surface area contributed by atoms with Crippen LogP contribution in [0.1, 0.15) is 41.8 Å². The van der Waals surface area contributed by atoms with Crippen molar-refractivity contribution in [3.8, 4) is 0 Å². The van der Waals surface area contributed by atoms with Gasteiger partial charge < -0.3 is 9.41 Å². The molecule has 2 aliphatic rings. The SMILES string of the molecule is Cc1ccc(C)c2c1C=C[CH]2[Ti+2][CH]1C(P(c2ccccc2)c2ccccc2)=Cc2ccccc21.[F-].[F-]. The molecule has 0 heterocycles. The Bertz CT molecular complexity index is 1370. The number of benzene rings is 4. The average Bonchev–Trinajstić information content (AvgIpc) is 3.46. The van der Waals surface area contributed by atoms with Crippen LogP contribution in [0.3, 0.4) is 0 Å². The summed E-state index contributed by atoms with van der Waals surface area (Å²) in [5.41, 5.74) is 8.89. The monoisotopic (exact) mass is 528 g/mol. The molecule has 0 bridgehead atoms. The molecule has 36 heavy (non-hydrogen) atoms. The van der Waals surface area contributed by atoms with Gasteiger partial charge in [-0.05, 0) is 0 Å². The van der Waals surface area contributed by atoms with E-state index in [1.54, 1.807) is 16.4 Å². The summed E-state index contributed by atoms with van der Waals surface area (Å²) < 4.78 is 1.13. The van der Waals surface area contributed by atoms with Crippen LogP contribution in [-0.2, 0) is 19.2 Å². The van der Waals surface area contributed by atoms with E-state index in [1.807, 2.05) is 0 Å². The molecule has 0 saturated heterocycles. The number of fused-ring (bicyclic) bond motifs is 2. The standard InChI is InChI=1S/C21H16P.C11H11.2FH.Ti/c1-3-11-19(12-4-1)22(20-13-5-2-6-14-20)21-15-17-9-7-8-10-18(17)16-21;1-8-6-7-9(2)11-5-3-4-10(8)11;;;/h1-16H;3-7H,1-2H3;2*1H;/q;;;;+2/p-2. The van der Waals surface area contributed by atoms with E-state index in [9.17, 15) is 0 Å². The van der Waals surface area contributed by atoms with Crippen molar-refractivity contribution < 1.29 is 28.6 Å². The summed E-state index contributed by atoms with van der Waals surface area (Å²) >= 11 is -0.364. The van der Waals surface area contributed by atoms with Gasteiger partial charge in [0.15, 0.2) is 0 Å². The molecule has 0 fully saturated rings. The molecule has 0 spiro atoms. The topological polar surface area (TPSA) is 0 Å². The van der Waals surface area contributed by atoms with Gasteiger partial charge in [-0.25, -0.2) is 0 Å². The van der Waals surface area contributed by atoms with E-state index in [0.29, 0.717) is 8.45 Å². The minimum Gasteiger partial charge on any atom is -1.00 e. The smallest absolute Gasteiger partial charge is 1.00 e. The minimum absolute atomic E-state index is 0. The number of hydrogen-bond donors (Lipinski definition) is 0. The van der Waals surface area contributed by atoms with Crippen molar-refractivity contribution in [2.24, 2.45) is 0 Å². The van der Waals surface area contributed by atoms with Crippen LogP contribution in [0.15, 0.2) is 108 Å². The van der Waals surface area contributed by atoms with Crippen LogP contribution in [0.25, 0.3) is 12.2 Å². The van der Waals surface area contributed by atoms with Gasteiger partial charge in [-0.2, -0.15) is 0 Å². The fraction of sp³-hybridized carbons (Fsp3) is 0.125. The van der Waals surface area contributed by atoms with Crippen molar-refractivity contribution in [1.82, 2.24) is 0 Å². The predicted molar refractivity (Wildman–Crippen MR) is 144 cm³/mol. The first-order valence-electron chi connectivity index (χ1n) is 12.0. The second-order valence-corrected chi connectivity index (χ2v) is 13.8. The molecule has 0 radical (unpaired) electrons. The molecule has 0 nitrogen and oxygen atoms in total. The van der Waals surface area contributed by atoms with Gasteiger partial charge >= 0.3 is 214 Å². The predicted octanol–water partition coefficient (Wildman–Crippen LogP) is 1.69. The molecule has 0 aromatic heterocycles. The second kappa shape index (κ2) is 11.2. The van der Waals surface area contributed by atoms with Gasteiger partial charge in [0, 0.05) is 0 Å². The molecule has 2 aliphatic carbocycles. The van der Waals surface area contributed by atoms with Crippen LogP contribution in [0.4, 0.5) is 0 Å².